The van der Waals surface area contributed by atoms with E-state index in [0.717, 1.165) is 4.88 Å². The Bertz CT molecular complexity index is 935. The summed E-state index contributed by atoms with van der Waals surface area (Å²) in [6.07, 6.45) is 0. The fourth-order valence-electron chi connectivity index (χ4n) is 3.02. The maximum atomic E-state index is 13.0. The van der Waals surface area contributed by atoms with Crippen LogP contribution in [0.5, 0.6) is 5.75 Å². The van der Waals surface area contributed by atoms with E-state index in [4.69, 9.17) is 4.74 Å². The predicted octanol–water partition coefficient (Wildman–Crippen LogP) is 1.88. The molecule has 9 heteroatoms. The maximum Gasteiger partial charge on any atom is 0.183 e. The van der Waals surface area contributed by atoms with Crippen molar-refractivity contribution in [1.82, 2.24) is 5.32 Å². The minimum atomic E-state index is -3.78. The van der Waals surface area contributed by atoms with E-state index < -0.39 is 31.0 Å². The van der Waals surface area contributed by atoms with Gasteiger partial charge >= 0.3 is 0 Å². The Morgan fingerprint density at radius 1 is 1.19 bits per heavy atom. The zero-order chi connectivity index (χ0) is 18.8. The number of ether oxygens (including phenoxy) is 1. The van der Waals surface area contributed by atoms with Gasteiger partial charge in [0, 0.05) is 17.5 Å². The zero-order valence-electron chi connectivity index (χ0n) is 14.3. The first kappa shape index (κ1) is 19.3. The molecule has 1 fully saturated rings. The van der Waals surface area contributed by atoms with Gasteiger partial charge in [-0.1, -0.05) is 6.07 Å². The first-order valence-corrected chi connectivity index (χ1v) is 12.5. The highest BCUT2D eigenvalue weighted by Gasteiger charge is 2.45. The zero-order valence-corrected chi connectivity index (χ0v) is 16.7. The van der Waals surface area contributed by atoms with Crippen molar-refractivity contribution in [3.63, 3.8) is 0 Å². The molecule has 0 amide bonds. The van der Waals surface area contributed by atoms with E-state index in [2.05, 4.69) is 5.32 Å². The molecule has 2 heterocycles. The Labute approximate surface area is 158 Å². The molecule has 1 saturated heterocycles. The fraction of sp³-hybridized carbons (Fsp3) is 0.412. The van der Waals surface area contributed by atoms with Crippen LogP contribution < -0.4 is 10.1 Å². The first-order chi connectivity index (χ1) is 12.3. The van der Waals surface area contributed by atoms with E-state index in [9.17, 15) is 16.8 Å². The summed E-state index contributed by atoms with van der Waals surface area (Å²) in [7, 11) is -7.18. The van der Waals surface area contributed by atoms with E-state index in [-0.39, 0.29) is 16.4 Å². The minimum absolute atomic E-state index is 0.117. The molecule has 1 aromatic heterocycles. The highest BCUT2D eigenvalue weighted by atomic mass is 32.2. The van der Waals surface area contributed by atoms with Crippen LogP contribution in [-0.2, 0) is 26.2 Å². The lowest BCUT2D eigenvalue weighted by molar-refractivity contribution is 0.340. The number of hydrogen-bond acceptors (Lipinski definition) is 7. The van der Waals surface area contributed by atoms with Crippen LogP contribution in [0.2, 0.25) is 0 Å². The lowest BCUT2D eigenvalue weighted by Gasteiger charge is -2.20. The molecule has 2 aromatic rings. The Hall–Kier alpha value is -1.42. The van der Waals surface area contributed by atoms with Gasteiger partial charge in [0.05, 0.1) is 28.3 Å². The van der Waals surface area contributed by atoms with Crippen LogP contribution in [0.15, 0.2) is 46.7 Å². The molecule has 1 N–H and O–H groups in total. The highest BCUT2D eigenvalue weighted by molar-refractivity contribution is 7.96. The summed E-state index contributed by atoms with van der Waals surface area (Å²) in [6, 6.07) is 9.34. The summed E-state index contributed by atoms with van der Waals surface area (Å²) in [5.74, 6) is 0.0575. The Balaban J connectivity index is 1.82. The van der Waals surface area contributed by atoms with Crippen LogP contribution in [0.4, 0.5) is 0 Å². The van der Waals surface area contributed by atoms with Gasteiger partial charge in [-0.25, -0.2) is 16.8 Å². The molecule has 0 saturated carbocycles. The lowest BCUT2D eigenvalue weighted by Crippen LogP contribution is -2.42. The van der Waals surface area contributed by atoms with Crippen LogP contribution in [0, 0.1) is 0 Å². The van der Waals surface area contributed by atoms with Gasteiger partial charge in [0.25, 0.3) is 0 Å². The van der Waals surface area contributed by atoms with E-state index >= 15 is 0 Å². The molecule has 0 spiro atoms. The first-order valence-electron chi connectivity index (χ1n) is 8.25. The second-order valence-electron chi connectivity index (χ2n) is 6.13. The van der Waals surface area contributed by atoms with Crippen molar-refractivity contribution in [3.05, 3.63) is 46.7 Å². The molecule has 0 aliphatic carbocycles. The second-order valence-corrected chi connectivity index (χ2v) is 11.5. The summed E-state index contributed by atoms with van der Waals surface area (Å²) in [5, 5.41) is 4.06. The number of thiophene rings is 1. The van der Waals surface area contributed by atoms with Gasteiger partial charge in [0.1, 0.15) is 5.75 Å². The van der Waals surface area contributed by atoms with Crippen molar-refractivity contribution in [1.29, 1.82) is 0 Å². The third-order valence-corrected chi connectivity index (χ3v) is 9.32. The van der Waals surface area contributed by atoms with Gasteiger partial charge < -0.3 is 10.1 Å². The molecule has 1 aromatic carbocycles. The summed E-state index contributed by atoms with van der Waals surface area (Å²) in [5.41, 5.74) is 0. The Kier molecular flexibility index (Phi) is 5.71. The van der Waals surface area contributed by atoms with Crippen molar-refractivity contribution in [2.24, 2.45) is 0 Å². The molecule has 0 radical (unpaired) electrons. The SMILES string of the molecule is CCOc1ccc(S(=O)(=O)[C@H]2CS(=O)(=O)C[C@@H]2NCc2cccs2)cc1. The van der Waals surface area contributed by atoms with Crippen LogP contribution in [-0.4, -0.2) is 46.2 Å². The number of sulfone groups is 2. The van der Waals surface area contributed by atoms with Gasteiger partial charge in [-0.15, -0.1) is 11.3 Å². The lowest BCUT2D eigenvalue weighted by atomic mass is 10.2. The highest BCUT2D eigenvalue weighted by Crippen LogP contribution is 2.27. The molecule has 0 bridgehead atoms. The van der Waals surface area contributed by atoms with E-state index in [1.807, 2.05) is 24.4 Å². The fourth-order valence-corrected chi connectivity index (χ4v) is 8.40. The monoisotopic (exact) mass is 415 g/mol. The van der Waals surface area contributed by atoms with E-state index in [1.54, 1.807) is 23.5 Å². The van der Waals surface area contributed by atoms with Crippen molar-refractivity contribution >= 4 is 31.0 Å². The Morgan fingerprint density at radius 3 is 2.54 bits per heavy atom. The van der Waals surface area contributed by atoms with Gasteiger partial charge in [0.2, 0.25) is 0 Å². The van der Waals surface area contributed by atoms with Crippen molar-refractivity contribution in [3.8, 4) is 5.75 Å². The average molecular weight is 416 g/mol. The van der Waals surface area contributed by atoms with Crippen molar-refractivity contribution in [2.75, 3.05) is 18.1 Å². The number of rotatable bonds is 7. The van der Waals surface area contributed by atoms with Crippen molar-refractivity contribution in [2.45, 2.75) is 29.7 Å². The summed E-state index contributed by atoms with van der Waals surface area (Å²) >= 11 is 1.54. The minimum Gasteiger partial charge on any atom is -0.494 e. The molecular weight excluding hydrogens is 394 g/mol. The summed E-state index contributed by atoms with van der Waals surface area (Å²) in [6.45, 7) is 2.78. The maximum absolute atomic E-state index is 13.0. The van der Waals surface area contributed by atoms with Crippen LogP contribution in [0.25, 0.3) is 0 Å². The smallest absolute Gasteiger partial charge is 0.183 e. The normalized spacial score (nSPS) is 22.3. The second kappa shape index (κ2) is 7.67. The molecule has 1 aliphatic rings. The van der Waals surface area contributed by atoms with E-state index in [0.29, 0.717) is 18.9 Å². The quantitative estimate of drug-likeness (QED) is 0.743. The molecule has 26 heavy (non-hydrogen) atoms. The van der Waals surface area contributed by atoms with Gasteiger partial charge in [-0.05, 0) is 42.6 Å². The molecular formula is C17H21NO5S3. The topological polar surface area (TPSA) is 89.5 Å². The van der Waals surface area contributed by atoms with Crippen molar-refractivity contribution < 1.29 is 21.6 Å². The molecule has 0 unspecified atom stereocenters. The third-order valence-electron chi connectivity index (χ3n) is 4.28. The van der Waals surface area contributed by atoms with Crippen LogP contribution >= 0.6 is 11.3 Å². The average Bonchev–Trinajstić information content (AvgIpc) is 3.21. The number of nitrogens with one attached hydrogen (secondary N) is 1. The molecule has 142 valence electrons. The van der Waals surface area contributed by atoms with Gasteiger partial charge in [-0.2, -0.15) is 0 Å². The molecule has 6 nitrogen and oxygen atoms in total. The molecule has 3 rings (SSSR count). The summed E-state index contributed by atoms with van der Waals surface area (Å²) < 4.78 is 55.6. The van der Waals surface area contributed by atoms with Crippen LogP contribution in [0.3, 0.4) is 0 Å². The molecule has 2 atom stereocenters. The van der Waals surface area contributed by atoms with E-state index in [1.165, 1.54) is 12.1 Å². The molecule has 1 aliphatic heterocycles. The summed E-state index contributed by atoms with van der Waals surface area (Å²) in [4.78, 5) is 1.15. The standard InChI is InChI=1S/C17H21NO5S3/c1-2-23-13-5-7-15(8-6-13)26(21,22)17-12-25(19,20)11-16(17)18-10-14-4-3-9-24-14/h3-9,16-18H,2,10-12H2,1H3/t16-,17-/m0/s1. The van der Waals surface area contributed by atoms with Gasteiger partial charge in [-0.3, -0.25) is 0 Å². The third kappa shape index (κ3) is 4.28. The largest absolute Gasteiger partial charge is 0.494 e. The number of benzene rings is 1. The van der Waals surface area contributed by atoms with Crippen LogP contribution in [0.1, 0.15) is 11.8 Å². The Morgan fingerprint density at radius 2 is 1.92 bits per heavy atom. The van der Waals surface area contributed by atoms with Gasteiger partial charge in [0.15, 0.2) is 19.7 Å². The predicted molar refractivity (Wildman–Crippen MR) is 102 cm³/mol. The number of hydrogen-bond donors (Lipinski definition) is 1.